The first kappa shape index (κ1) is 34.7. The van der Waals surface area contributed by atoms with Crippen molar-refractivity contribution in [3.05, 3.63) is 40.5 Å². The van der Waals surface area contributed by atoms with E-state index < -0.39 is 0 Å². The molecule has 0 heterocycles. The van der Waals surface area contributed by atoms with Crippen LogP contribution in [-0.4, -0.2) is 7.11 Å². The zero-order valence-electron chi connectivity index (χ0n) is 27.6. The van der Waals surface area contributed by atoms with Crippen LogP contribution in [0, 0.1) is 0 Å². The third-order valence-electron chi connectivity index (χ3n) is 9.09. The average molecular weight is 551 g/mol. The van der Waals surface area contributed by atoms with E-state index in [1.807, 2.05) is 7.11 Å². The van der Waals surface area contributed by atoms with Crippen LogP contribution in [0.3, 0.4) is 0 Å². The fourth-order valence-electron chi connectivity index (χ4n) is 6.65. The number of methoxy groups -OCH3 is 1. The Morgan fingerprint density at radius 2 is 0.750 bits per heavy atom. The molecule has 0 aliphatic heterocycles. The molecule has 2 aromatic rings. The summed E-state index contributed by atoms with van der Waals surface area (Å²) in [6.07, 6.45) is 32.2. The maximum atomic E-state index is 5.80. The van der Waals surface area contributed by atoms with Crippen molar-refractivity contribution < 1.29 is 4.74 Å². The Morgan fingerprint density at radius 3 is 1.12 bits per heavy atom. The van der Waals surface area contributed by atoms with Gasteiger partial charge in [0.2, 0.25) is 0 Å². The number of aryl methyl sites for hydroxylation is 2. The second-order valence-electron chi connectivity index (χ2n) is 12.5. The van der Waals surface area contributed by atoms with E-state index in [0.29, 0.717) is 0 Å². The van der Waals surface area contributed by atoms with Gasteiger partial charge in [-0.2, -0.15) is 0 Å². The molecule has 228 valence electrons. The van der Waals surface area contributed by atoms with Gasteiger partial charge in [-0.3, -0.25) is 0 Å². The second kappa shape index (κ2) is 22.1. The molecule has 0 unspecified atom stereocenters. The van der Waals surface area contributed by atoms with Crippen LogP contribution in [0.5, 0.6) is 5.75 Å². The van der Waals surface area contributed by atoms with Gasteiger partial charge < -0.3 is 4.74 Å². The van der Waals surface area contributed by atoms with Crippen LogP contribution in [0.4, 0.5) is 0 Å². The van der Waals surface area contributed by atoms with E-state index in [4.69, 9.17) is 4.74 Å². The molecule has 0 aromatic heterocycles. The van der Waals surface area contributed by atoms with Crippen LogP contribution < -0.4 is 4.74 Å². The smallest absolute Gasteiger partial charge is 0.119 e. The van der Waals surface area contributed by atoms with Gasteiger partial charge in [0.15, 0.2) is 0 Å². The molecule has 40 heavy (non-hydrogen) atoms. The summed E-state index contributed by atoms with van der Waals surface area (Å²) in [5, 5.41) is 3.05. The number of rotatable bonds is 25. The van der Waals surface area contributed by atoms with Crippen molar-refractivity contribution in [2.75, 3.05) is 7.11 Å². The standard InChI is InChI=1S/C39H66O/c1-6-10-14-18-22-26-34-35(27-23-19-15-11-7-2)37(29-25-21-17-13-9-4)39-32-33(40-5)30-31-38(39)36(34)28-24-20-16-12-8-3/h30-32H,6-29H2,1-5H3. The monoisotopic (exact) mass is 551 g/mol. The summed E-state index contributed by atoms with van der Waals surface area (Å²) in [4.78, 5) is 0. The Hall–Kier alpha value is -1.50. The van der Waals surface area contributed by atoms with Crippen LogP contribution in [0.2, 0.25) is 0 Å². The fourth-order valence-corrected chi connectivity index (χ4v) is 6.65. The van der Waals surface area contributed by atoms with Crippen molar-refractivity contribution in [2.24, 2.45) is 0 Å². The molecule has 0 amide bonds. The molecule has 2 aromatic carbocycles. The number of ether oxygens (including phenoxy) is 1. The Morgan fingerprint density at radius 1 is 0.400 bits per heavy atom. The van der Waals surface area contributed by atoms with Gasteiger partial charge in [-0.15, -0.1) is 0 Å². The van der Waals surface area contributed by atoms with E-state index in [9.17, 15) is 0 Å². The Labute approximate surface area is 250 Å². The molecule has 0 atom stereocenters. The topological polar surface area (TPSA) is 9.23 Å². The summed E-state index contributed by atoms with van der Waals surface area (Å²) in [6.45, 7) is 9.31. The highest BCUT2D eigenvalue weighted by Gasteiger charge is 2.19. The van der Waals surface area contributed by atoms with Gasteiger partial charge in [0.05, 0.1) is 7.11 Å². The number of hydrogen-bond donors (Lipinski definition) is 0. The molecule has 0 spiro atoms. The van der Waals surface area contributed by atoms with Gasteiger partial charge >= 0.3 is 0 Å². The van der Waals surface area contributed by atoms with Crippen LogP contribution in [0.1, 0.15) is 178 Å². The number of fused-ring (bicyclic) bond motifs is 1. The largest absolute Gasteiger partial charge is 0.497 e. The van der Waals surface area contributed by atoms with E-state index in [0.717, 1.165) is 5.75 Å². The highest BCUT2D eigenvalue weighted by atomic mass is 16.5. The van der Waals surface area contributed by atoms with Gasteiger partial charge in [0.1, 0.15) is 5.75 Å². The number of unbranched alkanes of at least 4 members (excludes halogenated alkanes) is 16. The van der Waals surface area contributed by atoms with E-state index in [1.54, 1.807) is 22.3 Å². The van der Waals surface area contributed by atoms with E-state index in [-0.39, 0.29) is 0 Å². The SMILES string of the molecule is CCCCCCCc1c(CCCCCCC)c(CCCCCCC)c2cc(OC)ccc2c1CCCCCCC. The minimum absolute atomic E-state index is 1.02. The molecule has 0 aliphatic rings. The lowest BCUT2D eigenvalue weighted by Gasteiger charge is -2.24. The van der Waals surface area contributed by atoms with Crippen LogP contribution in [-0.2, 0) is 25.7 Å². The van der Waals surface area contributed by atoms with Crippen LogP contribution in [0.15, 0.2) is 18.2 Å². The van der Waals surface area contributed by atoms with E-state index in [1.165, 1.54) is 165 Å². The first-order valence-electron chi connectivity index (χ1n) is 17.8. The Balaban J connectivity index is 2.53. The van der Waals surface area contributed by atoms with Crippen molar-refractivity contribution in [3.63, 3.8) is 0 Å². The van der Waals surface area contributed by atoms with Gasteiger partial charge in [-0.25, -0.2) is 0 Å². The summed E-state index contributed by atoms with van der Waals surface area (Å²) < 4.78 is 5.80. The fraction of sp³-hybridized carbons (Fsp3) is 0.744. The molecular formula is C39H66O. The molecule has 2 rings (SSSR count). The first-order valence-corrected chi connectivity index (χ1v) is 17.8. The third kappa shape index (κ3) is 12.2. The highest BCUT2D eigenvalue weighted by Crippen LogP contribution is 2.37. The summed E-state index contributed by atoms with van der Waals surface area (Å²) in [6, 6.07) is 7.04. The molecule has 0 bridgehead atoms. The molecular weight excluding hydrogens is 484 g/mol. The summed E-state index contributed by atoms with van der Waals surface area (Å²) in [5.41, 5.74) is 6.90. The Bertz CT molecular complexity index is 911. The van der Waals surface area contributed by atoms with Gasteiger partial charge in [-0.1, -0.05) is 136 Å². The number of benzene rings is 2. The second-order valence-corrected chi connectivity index (χ2v) is 12.5. The third-order valence-corrected chi connectivity index (χ3v) is 9.09. The lowest BCUT2D eigenvalue weighted by atomic mass is 9.81. The maximum absolute atomic E-state index is 5.80. The van der Waals surface area contributed by atoms with Gasteiger partial charge in [0, 0.05) is 0 Å². The predicted molar refractivity (Wildman–Crippen MR) is 180 cm³/mol. The predicted octanol–water partition coefficient (Wildman–Crippen LogP) is 12.9. The molecule has 0 fully saturated rings. The molecule has 0 radical (unpaired) electrons. The lowest BCUT2D eigenvalue weighted by molar-refractivity contribution is 0.415. The van der Waals surface area contributed by atoms with Crippen molar-refractivity contribution in [3.8, 4) is 5.75 Å². The Kier molecular flexibility index (Phi) is 19.2. The van der Waals surface area contributed by atoms with Gasteiger partial charge in [0.25, 0.3) is 0 Å². The molecule has 1 heteroatoms. The normalized spacial score (nSPS) is 11.5. The summed E-state index contributed by atoms with van der Waals surface area (Å²) in [7, 11) is 1.83. The molecule has 0 aliphatic carbocycles. The van der Waals surface area contributed by atoms with Crippen LogP contribution in [0.25, 0.3) is 10.8 Å². The lowest BCUT2D eigenvalue weighted by Crippen LogP contribution is -2.09. The minimum atomic E-state index is 1.02. The molecule has 1 nitrogen and oxygen atoms in total. The molecule has 0 N–H and O–H groups in total. The minimum Gasteiger partial charge on any atom is -0.497 e. The molecule has 0 saturated heterocycles. The number of hydrogen-bond acceptors (Lipinski definition) is 1. The van der Waals surface area contributed by atoms with Crippen molar-refractivity contribution in [1.29, 1.82) is 0 Å². The molecule has 0 saturated carbocycles. The van der Waals surface area contributed by atoms with Crippen molar-refractivity contribution >= 4 is 10.8 Å². The van der Waals surface area contributed by atoms with Crippen molar-refractivity contribution in [2.45, 2.75) is 182 Å². The van der Waals surface area contributed by atoms with Gasteiger partial charge in [-0.05, 0) is 96.5 Å². The maximum Gasteiger partial charge on any atom is 0.119 e. The average Bonchev–Trinajstić information content (AvgIpc) is 2.97. The zero-order chi connectivity index (χ0) is 28.8. The van der Waals surface area contributed by atoms with Crippen LogP contribution >= 0.6 is 0 Å². The van der Waals surface area contributed by atoms with E-state index in [2.05, 4.69) is 45.9 Å². The highest BCUT2D eigenvalue weighted by molar-refractivity contribution is 5.92. The van der Waals surface area contributed by atoms with Crippen molar-refractivity contribution in [1.82, 2.24) is 0 Å². The first-order chi connectivity index (χ1) is 19.7. The quantitative estimate of drug-likeness (QED) is 0.112. The zero-order valence-corrected chi connectivity index (χ0v) is 27.6. The van der Waals surface area contributed by atoms with E-state index >= 15 is 0 Å². The summed E-state index contributed by atoms with van der Waals surface area (Å²) in [5.74, 6) is 1.02. The summed E-state index contributed by atoms with van der Waals surface area (Å²) >= 11 is 0.